The van der Waals surface area contributed by atoms with E-state index in [1.807, 2.05) is 6.92 Å². The molecule has 0 aliphatic carbocycles. The standard InChI is InChI=1S/C18H17N5O4/c1-3-25-14-6-5-7-20-17(14)27-13-8-12(9-19-10-13)15-16(18(24)26-4-2)23-22-11-21-15/h5-11H,3-4H2,1-2H3. The predicted molar refractivity (Wildman–Crippen MR) is 94.5 cm³/mol. The third-order valence-electron chi connectivity index (χ3n) is 3.33. The molecule has 0 unspecified atom stereocenters. The zero-order valence-electron chi connectivity index (χ0n) is 14.8. The Morgan fingerprint density at radius 2 is 2.04 bits per heavy atom. The molecule has 3 aromatic rings. The molecular weight excluding hydrogens is 350 g/mol. The fraction of sp³-hybridized carbons (Fsp3) is 0.222. The lowest BCUT2D eigenvalue weighted by Gasteiger charge is -2.11. The lowest BCUT2D eigenvalue weighted by molar-refractivity contribution is 0.0518. The van der Waals surface area contributed by atoms with Gasteiger partial charge in [0.1, 0.15) is 17.8 Å². The molecule has 0 amide bonds. The van der Waals surface area contributed by atoms with Crippen molar-refractivity contribution in [3.8, 4) is 28.6 Å². The van der Waals surface area contributed by atoms with Gasteiger partial charge in [-0.3, -0.25) is 4.98 Å². The van der Waals surface area contributed by atoms with Crippen LogP contribution < -0.4 is 9.47 Å². The minimum atomic E-state index is -0.609. The van der Waals surface area contributed by atoms with Crippen molar-refractivity contribution in [2.45, 2.75) is 13.8 Å². The van der Waals surface area contributed by atoms with Crippen molar-refractivity contribution in [2.24, 2.45) is 0 Å². The molecule has 0 bridgehead atoms. The van der Waals surface area contributed by atoms with E-state index >= 15 is 0 Å². The molecule has 0 aliphatic rings. The van der Waals surface area contributed by atoms with E-state index in [0.29, 0.717) is 35.2 Å². The van der Waals surface area contributed by atoms with Crippen LogP contribution in [0.15, 0.2) is 43.1 Å². The number of carbonyl (C=O) groups excluding carboxylic acids is 1. The first-order valence-corrected chi connectivity index (χ1v) is 8.28. The second-order valence-corrected chi connectivity index (χ2v) is 5.13. The van der Waals surface area contributed by atoms with Gasteiger partial charge in [-0.25, -0.2) is 14.8 Å². The van der Waals surface area contributed by atoms with Crippen molar-refractivity contribution in [1.29, 1.82) is 0 Å². The first-order chi connectivity index (χ1) is 13.2. The van der Waals surface area contributed by atoms with Crippen LogP contribution in [0.5, 0.6) is 17.4 Å². The number of esters is 1. The number of aromatic nitrogens is 5. The average molecular weight is 367 g/mol. The molecule has 0 spiro atoms. The second kappa shape index (κ2) is 8.65. The smallest absolute Gasteiger partial charge is 0.361 e. The SMILES string of the molecule is CCOC(=O)c1nncnc1-c1cncc(Oc2ncccc2OCC)c1. The Hall–Kier alpha value is -3.62. The van der Waals surface area contributed by atoms with Gasteiger partial charge < -0.3 is 14.2 Å². The van der Waals surface area contributed by atoms with Crippen LogP contribution in [0.25, 0.3) is 11.3 Å². The minimum absolute atomic E-state index is 0.00569. The van der Waals surface area contributed by atoms with Crippen LogP contribution in [0.2, 0.25) is 0 Å². The molecule has 0 aromatic carbocycles. The quantitative estimate of drug-likeness (QED) is 0.582. The van der Waals surface area contributed by atoms with E-state index < -0.39 is 5.97 Å². The van der Waals surface area contributed by atoms with Gasteiger partial charge in [0.15, 0.2) is 11.4 Å². The van der Waals surface area contributed by atoms with Crippen LogP contribution in [0.1, 0.15) is 24.3 Å². The molecule has 3 rings (SSSR count). The van der Waals surface area contributed by atoms with E-state index in [4.69, 9.17) is 14.2 Å². The van der Waals surface area contributed by atoms with Crippen LogP contribution in [0.4, 0.5) is 0 Å². The van der Waals surface area contributed by atoms with E-state index in [0.717, 1.165) is 0 Å². The number of pyridine rings is 2. The number of nitrogens with zero attached hydrogens (tertiary/aromatic N) is 5. The molecule has 0 saturated carbocycles. The highest BCUT2D eigenvalue weighted by Crippen LogP contribution is 2.30. The Kier molecular flexibility index (Phi) is 5.83. The lowest BCUT2D eigenvalue weighted by Crippen LogP contribution is -2.11. The molecule has 0 saturated heterocycles. The summed E-state index contributed by atoms with van der Waals surface area (Å²) in [4.78, 5) is 24.5. The number of hydrogen-bond acceptors (Lipinski definition) is 9. The molecule has 3 aromatic heterocycles. The van der Waals surface area contributed by atoms with Crippen molar-refractivity contribution >= 4 is 5.97 Å². The van der Waals surface area contributed by atoms with Crippen LogP contribution in [0, 0.1) is 0 Å². The fourth-order valence-corrected chi connectivity index (χ4v) is 2.26. The van der Waals surface area contributed by atoms with Crippen molar-refractivity contribution < 1.29 is 19.0 Å². The average Bonchev–Trinajstić information content (AvgIpc) is 2.70. The maximum absolute atomic E-state index is 12.1. The lowest BCUT2D eigenvalue weighted by atomic mass is 10.1. The number of rotatable bonds is 7. The molecule has 9 nitrogen and oxygen atoms in total. The molecule has 0 N–H and O–H groups in total. The number of hydrogen-bond donors (Lipinski definition) is 0. The van der Waals surface area contributed by atoms with Gasteiger partial charge in [-0.15, -0.1) is 10.2 Å². The van der Waals surface area contributed by atoms with Crippen molar-refractivity contribution in [3.05, 3.63) is 48.8 Å². The van der Waals surface area contributed by atoms with E-state index in [1.165, 1.54) is 12.5 Å². The summed E-state index contributed by atoms with van der Waals surface area (Å²) in [6, 6.07) is 5.19. The van der Waals surface area contributed by atoms with E-state index in [1.54, 1.807) is 37.5 Å². The molecule has 0 aliphatic heterocycles. The zero-order valence-corrected chi connectivity index (χ0v) is 14.8. The highest BCUT2D eigenvalue weighted by atomic mass is 16.5. The van der Waals surface area contributed by atoms with E-state index in [-0.39, 0.29) is 12.3 Å². The van der Waals surface area contributed by atoms with Crippen LogP contribution in [0.3, 0.4) is 0 Å². The zero-order chi connectivity index (χ0) is 19.1. The summed E-state index contributed by atoms with van der Waals surface area (Å²) < 4.78 is 16.3. The molecule has 9 heteroatoms. The summed E-state index contributed by atoms with van der Waals surface area (Å²) >= 11 is 0. The van der Waals surface area contributed by atoms with Gasteiger partial charge in [0.2, 0.25) is 0 Å². The molecule has 27 heavy (non-hydrogen) atoms. The number of carbonyl (C=O) groups is 1. The third kappa shape index (κ3) is 4.32. The van der Waals surface area contributed by atoms with Gasteiger partial charge >= 0.3 is 5.97 Å². The molecule has 3 heterocycles. The third-order valence-corrected chi connectivity index (χ3v) is 3.33. The van der Waals surface area contributed by atoms with Crippen LogP contribution in [-0.2, 0) is 4.74 Å². The summed E-state index contributed by atoms with van der Waals surface area (Å²) in [6.45, 7) is 4.28. The summed E-state index contributed by atoms with van der Waals surface area (Å²) in [6.07, 6.45) is 5.91. The molecular formula is C18H17N5O4. The minimum Gasteiger partial charge on any atom is -0.488 e. The van der Waals surface area contributed by atoms with Crippen molar-refractivity contribution in [3.63, 3.8) is 0 Å². The van der Waals surface area contributed by atoms with Gasteiger partial charge in [-0.2, -0.15) is 0 Å². The first-order valence-electron chi connectivity index (χ1n) is 8.28. The first kappa shape index (κ1) is 18.2. The second-order valence-electron chi connectivity index (χ2n) is 5.13. The molecule has 0 atom stereocenters. The summed E-state index contributed by atoms with van der Waals surface area (Å²) in [7, 11) is 0. The summed E-state index contributed by atoms with van der Waals surface area (Å²) in [5.74, 6) is 0.620. The maximum Gasteiger partial charge on any atom is 0.361 e. The predicted octanol–water partition coefficient (Wildman–Crippen LogP) is 2.70. The Balaban J connectivity index is 1.93. The Morgan fingerprint density at radius 3 is 2.85 bits per heavy atom. The van der Waals surface area contributed by atoms with E-state index in [9.17, 15) is 4.79 Å². The summed E-state index contributed by atoms with van der Waals surface area (Å²) in [5, 5.41) is 7.49. The molecule has 0 radical (unpaired) electrons. The van der Waals surface area contributed by atoms with Gasteiger partial charge in [-0.1, -0.05) is 0 Å². The van der Waals surface area contributed by atoms with Crippen LogP contribution in [-0.4, -0.2) is 44.3 Å². The van der Waals surface area contributed by atoms with Gasteiger partial charge in [-0.05, 0) is 32.0 Å². The van der Waals surface area contributed by atoms with Crippen molar-refractivity contribution in [1.82, 2.24) is 25.1 Å². The van der Waals surface area contributed by atoms with Gasteiger partial charge in [0.25, 0.3) is 5.88 Å². The monoisotopic (exact) mass is 367 g/mol. The highest BCUT2D eigenvalue weighted by molar-refractivity contribution is 5.93. The molecule has 0 fully saturated rings. The van der Waals surface area contributed by atoms with Gasteiger partial charge in [0.05, 0.1) is 19.4 Å². The van der Waals surface area contributed by atoms with E-state index in [2.05, 4.69) is 25.1 Å². The number of ether oxygens (including phenoxy) is 3. The van der Waals surface area contributed by atoms with Crippen LogP contribution >= 0.6 is 0 Å². The molecule has 138 valence electrons. The topological polar surface area (TPSA) is 109 Å². The Bertz CT molecular complexity index is 935. The highest BCUT2D eigenvalue weighted by Gasteiger charge is 2.19. The Labute approximate surface area is 155 Å². The maximum atomic E-state index is 12.1. The summed E-state index contributed by atoms with van der Waals surface area (Å²) in [5.41, 5.74) is 0.831. The van der Waals surface area contributed by atoms with Gasteiger partial charge in [0, 0.05) is 18.0 Å². The largest absolute Gasteiger partial charge is 0.488 e. The normalized spacial score (nSPS) is 10.3. The Morgan fingerprint density at radius 1 is 1.15 bits per heavy atom. The fourth-order valence-electron chi connectivity index (χ4n) is 2.26. The van der Waals surface area contributed by atoms with Crippen molar-refractivity contribution in [2.75, 3.05) is 13.2 Å².